The van der Waals surface area contributed by atoms with E-state index in [2.05, 4.69) is 0 Å². The lowest BCUT2D eigenvalue weighted by atomic mass is 10.2. The van der Waals surface area contributed by atoms with E-state index in [4.69, 9.17) is 16.7 Å². The maximum absolute atomic E-state index is 14.0. The molecule has 0 saturated carbocycles. The summed E-state index contributed by atoms with van der Waals surface area (Å²) in [6, 6.07) is 3.63. The van der Waals surface area contributed by atoms with Crippen LogP contribution in [0.2, 0.25) is 5.02 Å². The van der Waals surface area contributed by atoms with Crippen molar-refractivity contribution >= 4 is 27.6 Å². The van der Waals surface area contributed by atoms with Crippen molar-refractivity contribution in [3.63, 3.8) is 0 Å². The standard InChI is InChI=1S/C16H11ClF5NO4S/c1-7(16(24)25)23(6-8-4-2-3-5-9(8)17)28(26,27)15-13(21)11(19)10(18)12(20)14(15)22/h2-5,7H,6H2,1H3,(H,24,25). The number of aliphatic carboxylic acids is 1. The number of carbonyl (C=O) groups is 1. The third-order valence-corrected chi connectivity index (χ3v) is 6.12. The van der Waals surface area contributed by atoms with Gasteiger partial charge in [-0.1, -0.05) is 29.8 Å². The summed E-state index contributed by atoms with van der Waals surface area (Å²) in [6.45, 7) is 0.0672. The molecule has 0 saturated heterocycles. The van der Waals surface area contributed by atoms with Crippen LogP contribution in [0.1, 0.15) is 12.5 Å². The van der Waals surface area contributed by atoms with E-state index in [1.54, 1.807) is 0 Å². The predicted octanol–water partition coefficient (Wildman–Crippen LogP) is 3.70. The number of carboxylic acids is 1. The van der Waals surface area contributed by atoms with Crippen molar-refractivity contribution in [2.45, 2.75) is 24.4 Å². The second kappa shape index (κ2) is 8.02. The van der Waals surface area contributed by atoms with Gasteiger partial charge in [0.25, 0.3) is 0 Å². The van der Waals surface area contributed by atoms with Crippen LogP contribution in [0.15, 0.2) is 29.2 Å². The second-order valence-electron chi connectivity index (χ2n) is 5.55. The molecule has 0 amide bonds. The summed E-state index contributed by atoms with van der Waals surface area (Å²) in [5, 5.41) is 9.16. The third-order valence-electron chi connectivity index (χ3n) is 3.81. The Balaban J connectivity index is 2.73. The average molecular weight is 444 g/mol. The van der Waals surface area contributed by atoms with Gasteiger partial charge >= 0.3 is 5.97 Å². The van der Waals surface area contributed by atoms with E-state index < -0.39 is 62.6 Å². The molecule has 1 atom stereocenters. The molecule has 1 N–H and O–H groups in total. The van der Waals surface area contributed by atoms with Crippen molar-refractivity contribution in [1.29, 1.82) is 0 Å². The van der Waals surface area contributed by atoms with Gasteiger partial charge in [0.2, 0.25) is 15.8 Å². The Hall–Kier alpha value is -2.24. The molecular formula is C16H11ClF5NO4S. The minimum atomic E-state index is -5.49. The third kappa shape index (κ3) is 3.82. The zero-order valence-corrected chi connectivity index (χ0v) is 15.5. The van der Waals surface area contributed by atoms with Gasteiger partial charge in [0.1, 0.15) is 6.04 Å². The molecule has 12 heteroatoms. The predicted molar refractivity (Wildman–Crippen MR) is 87.5 cm³/mol. The van der Waals surface area contributed by atoms with Crippen molar-refractivity contribution in [2.75, 3.05) is 0 Å². The minimum absolute atomic E-state index is 0.00213. The van der Waals surface area contributed by atoms with Gasteiger partial charge in [-0.2, -0.15) is 4.31 Å². The highest BCUT2D eigenvalue weighted by molar-refractivity contribution is 7.89. The quantitative estimate of drug-likeness (QED) is 0.420. The number of sulfonamides is 1. The fraction of sp³-hybridized carbons (Fsp3) is 0.188. The highest BCUT2D eigenvalue weighted by atomic mass is 35.5. The first-order chi connectivity index (χ1) is 12.9. The number of rotatable bonds is 6. The lowest BCUT2D eigenvalue weighted by Crippen LogP contribution is -2.43. The fourth-order valence-electron chi connectivity index (χ4n) is 2.28. The molecule has 0 bridgehead atoms. The number of nitrogens with zero attached hydrogens (tertiary/aromatic N) is 1. The molecule has 5 nitrogen and oxygen atoms in total. The minimum Gasteiger partial charge on any atom is -0.480 e. The van der Waals surface area contributed by atoms with Crippen LogP contribution in [-0.2, 0) is 21.4 Å². The molecule has 28 heavy (non-hydrogen) atoms. The Morgan fingerprint density at radius 1 is 1.04 bits per heavy atom. The van der Waals surface area contributed by atoms with E-state index in [9.17, 15) is 35.2 Å². The molecule has 0 aliphatic rings. The summed E-state index contributed by atoms with van der Waals surface area (Å²) in [7, 11) is -5.49. The molecule has 1 unspecified atom stereocenters. The zero-order chi connectivity index (χ0) is 21.4. The van der Waals surface area contributed by atoms with Gasteiger partial charge in [0.05, 0.1) is 0 Å². The van der Waals surface area contributed by atoms with Crippen LogP contribution in [0.25, 0.3) is 0 Å². The molecule has 0 spiro atoms. The van der Waals surface area contributed by atoms with E-state index in [0.717, 1.165) is 6.92 Å². The maximum Gasteiger partial charge on any atom is 0.321 e. The molecule has 0 fully saturated rings. The van der Waals surface area contributed by atoms with Crippen LogP contribution in [0.5, 0.6) is 0 Å². The Bertz CT molecular complexity index is 1020. The van der Waals surface area contributed by atoms with Crippen LogP contribution in [0.4, 0.5) is 22.0 Å². The summed E-state index contributed by atoms with van der Waals surface area (Å²) in [5.74, 6) is -14.4. The van der Waals surface area contributed by atoms with Gasteiger partial charge in [-0.3, -0.25) is 4.79 Å². The lowest BCUT2D eigenvalue weighted by molar-refractivity contribution is -0.141. The molecule has 0 aromatic heterocycles. The van der Waals surface area contributed by atoms with Gasteiger partial charge in [0.15, 0.2) is 28.2 Å². The Labute approximate surface area is 161 Å². The van der Waals surface area contributed by atoms with Gasteiger partial charge < -0.3 is 5.11 Å². The topological polar surface area (TPSA) is 74.7 Å². The normalized spacial score (nSPS) is 13.0. The van der Waals surface area contributed by atoms with Gasteiger partial charge in [-0.15, -0.1) is 0 Å². The number of carboxylic acid groups (broad SMARTS) is 1. The smallest absolute Gasteiger partial charge is 0.321 e. The summed E-state index contributed by atoms with van der Waals surface area (Å²) in [4.78, 5) is 9.17. The molecular weight excluding hydrogens is 433 g/mol. The monoisotopic (exact) mass is 443 g/mol. The SMILES string of the molecule is CC(C(=O)O)N(Cc1ccccc1Cl)S(=O)(=O)c1c(F)c(F)c(F)c(F)c1F. The van der Waals surface area contributed by atoms with Crippen molar-refractivity contribution < 1.29 is 40.3 Å². The summed E-state index contributed by atoms with van der Waals surface area (Å²) in [6.07, 6.45) is 0. The Kier molecular flexibility index (Phi) is 6.31. The lowest BCUT2D eigenvalue weighted by Gasteiger charge is -2.26. The van der Waals surface area contributed by atoms with Crippen LogP contribution < -0.4 is 0 Å². The van der Waals surface area contributed by atoms with Gasteiger partial charge in [-0.05, 0) is 18.6 Å². The zero-order valence-electron chi connectivity index (χ0n) is 13.9. The molecule has 0 radical (unpaired) electrons. The van der Waals surface area contributed by atoms with Gasteiger partial charge in [-0.25, -0.2) is 30.4 Å². The number of hydrogen-bond donors (Lipinski definition) is 1. The highest BCUT2D eigenvalue weighted by Crippen LogP contribution is 2.31. The van der Waals surface area contributed by atoms with Crippen LogP contribution in [-0.4, -0.2) is 29.8 Å². The molecule has 0 aliphatic heterocycles. The maximum atomic E-state index is 14.0. The van der Waals surface area contributed by atoms with E-state index in [1.807, 2.05) is 0 Å². The average Bonchev–Trinajstić information content (AvgIpc) is 2.63. The summed E-state index contributed by atoms with van der Waals surface area (Å²) in [5.41, 5.74) is 0.0460. The number of hydrogen-bond acceptors (Lipinski definition) is 3. The van der Waals surface area contributed by atoms with E-state index in [-0.39, 0.29) is 14.9 Å². The molecule has 0 heterocycles. The first-order valence-corrected chi connectivity index (χ1v) is 9.22. The number of benzene rings is 2. The van der Waals surface area contributed by atoms with Crippen molar-refractivity contribution in [3.8, 4) is 0 Å². The van der Waals surface area contributed by atoms with E-state index in [0.29, 0.717) is 0 Å². The Morgan fingerprint density at radius 2 is 1.50 bits per heavy atom. The molecule has 0 aliphatic carbocycles. The first-order valence-electron chi connectivity index (χ1n) is 7.40. The highest BCUT2D eigenvalue weighted by Gasteiger charge is 2.40. The molecule has 2 aromatic rings. The van der Waals surface area contributed by atoms with E-state index in [1.165, 1.54) is 24.3 Å². The first kappa shape index (κ1) is 22.1. The van der Waals surface area contributed by atoms with E-state index >= 15 is 0 Å². The van der Waals surface area contributed by atoms with Crippen LogP contribution in [0, 0.1) is 29.1 Å². The molecule has 2 rings (SSSR count). The van der Waals surface area contributed by atoms with Crippen molar-refractivity contribution in [3.05, 3.63) is 63.9 Å². The van der Waals surface area contributed by atoms with Crippen molar-refractivity contribution in [2.24, 2.45) is 0 Å². The fourth-order valence-corrected chi connectivity index (χ4v) is 4.15. The largest absolute Gasteiger partial charge is 0.480 e. The van der Waals surface area contributed by atoms with Crippen molar-refractivity contribution in [1.82, 2.24) is 4.31 Å². The van der Waals surface area contributed by atoms with Crippen LogP contribution in [0.3, 0.4) is 0 Å². The van der Waals surface area contributed by atoms with Crippen LogP contribution >= 0.6 is 11.6 Å². The van der Waals surface area contributed by atoms with Gasteiger partial charge in [0, 0.05) is 11.6 Å². The molecule has 152 valence electrons. The molecule has 2 aromatic carbocycles. The Morgan fingerprint density at radius 3 is 1.96 bits per heavy atom. The number of halogens is 6. The summed E-state index contributed by atoms with van der Waals surface area (Å²) < 4.78 is 93.8. The second-order valence-corrected chi connectivity index (χ2v) is 7.79. The summed E-state index contributed by atoms with van der Waals surface area (Å²) >= 11 is 5.90.